The van der Waals surface area contributed by atoms with Crippen molar-refractivity contribution in [3.63, 3.8) is 0 Å². The van der Waals surface area contributed by atoms with E-state index < -0.39 is 0 Å². The molecule has 1 N–H and O–H groups in total. The van der Waals surface area contributed by atoms with E-state index in [2.05, 4.69) is 0 Å². The van der Waals surface area contributed by atoms with Crippen LogP contribution < -0.4 is 4.74 Å². The number of aromatic hydroxyl groups is 1. The molecular formula is C28H24N2O3. The number of carbonyl (C=O) groups excluding carboxylic acids is 1. The Labute approximate surface area is 192 Å². The fourth-order valence-electron chi connectivity index (χ4n) is 4.26. The van der Waals surface area contributed by atoms with Crippen LogP contribution in [0.1, 0.15) is 39.5 Å². The Bertz CT molecular complexity index is 1360. The molecule has 33 heavy (non-hydrogen) atoms. The molecule has 1 aliphatic rings. The van der Waals surface area contributed by atoms with Gasteiger partial charge in [-0.2, -0.15) is 5.10 Å². The van der Waals surface area contributed by atoms with Gasteiger partial charge in [-0.15, -0.1) is 0 Å². The summed E-state index contributed by atoms with van der Waals surface area (Å²) in [4.78, 5) is 13.5. The second-order valence-corrected chi connectivity index (χ2v) is 8.24. The first kappa shape index (κ1) is 20.8. The van der Waals surface area contributed by atoms with Crippen molar-refractivity contribution in [1.82, 2.24) is 5.01 Å². The third kappa shape index (κ3) is 3.82. The van der Waals surface area contributed by atoms with Gasteiger partial charge in [-0.3, -0.25) is 4.79 Å². The first-order chi connectivity index (χ1) is 16.0. The monoisotopic (exact) mass is 436 g/mol. The zero-order chi connectivity index (χ0) is 22.9. The molecule has 1 atom stereocenters. The van der Waals surface area contributed by atoms with Gasteiger partial charge in [-0.25, -0.2) is 5.01 Å². The van der Waals surface area contributed by atoms with Crippen LogP contribution in [-0.2, 0) is 0 Å². The molecule has 0 bridgehead atoms. The van der Waals surface area contributed by atoms with E-state index in [9.17, 15) is 9.90 Å². The van der Waals surface area contributed by atoms with Crippen LogP contribution in [0, 0.1) is 6.92 Å². The van der Waals surface area contributed by atoms with Crippen molar-refractivity contribution in [2.75, 3.05) is 7.11 Å². The average molecular weight is 437 g/mol. The fourth-order valence-corrected chi connectivity index (χ4v) is 4.26. The first-order valence-electron chi connectivity index (χ1n) is 10.9. The van der Waals surface area contributed by atoms with Gasteiger partial charge in [0.2, 0.25) is 0 Å². The Balaban J connectivity index is 1.58. The van der Waals surface area contributed by atoms with Gasteiger partial charge in [-0.05, 0) is 48.2 Å². The minimum Gasteiger partial charge on any atom is -0.507 e. The molecule has 1 heterocycles. The zero-order valence-electron chi connectivity index (χ0n) is 18.5. The summed E-state index contributed by atoms with van der Waals surface area (Å²) in [5.41, 5.74) is 3.94. The molecule has 0 unspecified atom stereocenters. The average Bonchev–Trinajstić information content (AvgIpc) is 3.29. The molecule has 0 fully saturated rings. The number of fused-ring (bicyclic) bond motifs is 1. The molecule has 0 saturated heterocycles. The van der Waals surface area contributed by atoms with E-state index >= 15 is 0 Å². The van der Waals surface area contributed by atoms with E-state index in [1.54, 1.807) is 7.11 Å². The minimum absolute atomic E-state index is 0.175. The molecule has 4 aromatic carbocycles. The summed E-state index contributed by atoms with van der Waals surface area (Å²) in [5.74, 6) is 0.762. The predicted octanol–water partition coefficient (Wildman–Crippen LogP) is 5.85. The number of hydrogen-bond acceptors (Lipinski definition) is 4. The standard InChI is InChI=1S/C28H24N2O3/c1-18-7-9-21(10-8-18)28(32)30-26(20-11-14-22(33-2)15-12-20)17-25(29-30)24-16-13-19-5-3-4-6-23(19)27(24)31/h3-16,26,31H,17H2,1-2H3/t26-/m1/s1. The molecule has 5 rings (SSSR count). The Hall–Kier alpha value is -4.12. The summed E-state index contributed by atoms with van der Waals surface area (Å²) in [5, 5.41) is 19.0. The normalized spacial score (nSPS) is 15.5. The van der Waals surface area contributed by atoms with Crippen LogP contribution in [0.3, 0.4) is 0 Å². The lowest BCUT2D eigenvalue weighted by Crippen LogP contribution is -2.27. The van der Waals surface area contributed by atoms with E-state index in [-0.39, 0.29) is 17.7 Å². The van der Waals surface area contributed by atoms with Gasteiger partial charge in [-0.1, -0.05) is 60.2 Å². The minimum atomic E-state index is -0.287. The summed E-state index contributed by atoms with van der Waals surface area (Å²) in [6.07, 6.45) is 0.496. The number of rotatable bonds is 4. The van der Waals surface area contributed by atoms with E-state index in [4.69, 9.17) is 9.84 Å². The van der Waals surface area contributed by atoms with Crippen LogP contribution in [0.5, 0.6) is 11.5 Å². The number of hydrazone groups is 1. The van der Waals surface area contributed by atoms with E-state index in [0.29, 0.717) is 23.3 Å². The highest BCUT2D eigenvalue weighted by Crippen LogP contribution is 2.38. The molecule has 0 aromatic heterocycles. The van der Waals surface area contributed by atoms with Crippen molar-refractivity contribution in [1.29, 1.82) is 0 Å². The number of phenolic OH excluding ortho intramolecular Hbond substituents is 1. The molecule has 0 saturated carbocycles. The highest BCUT2D eigenvalue weighted by Gasteiger charge is 2.34. The third-order valence-electron chi connectivity index (χ3n) is 6.13. The Morgan fingerprint density at radius 2 is 1.70 bits per heavy atom. The smallest absolute Gasteiger partial charge is 0.274 e. The molecule has 1 aliphatic heterocycles. The second kappa shape index (κ2) is 8.43. The molecule has 1 amide bonds. The number of aryl methyl sites for hydroxylation is 1. The maximum atomic E-state index is 13.5. The molecule has 4 aromatic rings. The van der Waals surface area contributed by atoms with Gasteiger partial charge >= 0.3 is 0 Å². The van der Waals surface area contributed by atoms with Crippen molar-refractivity contribution in [2.24, 2.45) is 5.10 Å². The highest BCUT2D eigenvalue weighted by atomic mass is 16.5. The van der Waals surface area contributed by atoms with Crippen molar-refractivity contribution >= 4 is 22.4 Å². The predicted molar refractivity (Wildman–Crippen MR) is 130 cm³/mol. The van der Waals surface area contributed by atoms with E-state index in [1.165, 1.54) is 5.01 Å². The molecule has 0 aliphatic carbocycles. The topological polar surface area (TPSA) is 62.1 Å². The third-order valence-corrected chi connectivity index (χ3v) is 6.13. The van der Waals surface area contributed by atoms with Gasteiger partial charge in [0.25, 0.3) is 5.91 Å². The maximum absolute atomic E-state index is 13.5. The van der Waals surface area contributed by atoms with Crippen LogP contribution in [0.4, 0.5) is 0 Å². The van der Waals surface area contributed by atoms with Gasteiger partial charge < -0.3 is 9.84 Å². The van der Waals surface area contributed by atoms with Crippen molar-refractivity contribution < 1.29 is 14.6 Å². The van der Waals surface area contributed by atoms with Crippen LogP contribution in [0.2, 0.25) is 0 Å². The fraction of sp³-hybridized carbons (Fsp3) is 0.143. The Morgan fingerprint density at radius 1 is 0.970 bits per heavy atom. The summed E-state index contributed by atoms with van der Waals surface area (Å²) in [6, 6.07) is 26.4. The van der Waals surface area contributed by atoms with E-state index in [1.807, 2.05) is 91.9 Å². The molecule has 5 nitrogen and oxygen atoms in total. The van der Waals surface area contributed by atoms with Gasteiger partial charge in [0.05, 0.1) is 18.9 Å². The molecule has 164 valence electrons. The summed E-state index contributed by atoms with van der Waals surface area (Å²) in [7, 11) is 1.63. The number of nitrogens with zero attached hydrogens (tertiary/aromatic N) is 2. The van der Waals surface area contributed by atoms with Gasteiger partial charge in [0.15, 0.2) is 0 Å². The number of hydrogen-bond donors (Lipinski definition) is 1. The van der Waals surface area contributed by atoms with Crippen LogP contribution >= 0.6 is 0 Å². The zero-order valence-corrected chi connectivity index (χ0v) is 18.5. The SMILES string of the molecule is COc1ccc([C@H]2CC(c3ccc4ccccc4c3O)=NN2C(=O)c2ccc(C)cc2)cc1. The molecule has 0 spiro atoms. The van der Waals surface area contributed by atoms with Crippen molar-refractivity contribution in [2.45, 2.75) is 19.4 Å². The summed E-state index contributed by atoms with van der Waals surface area (Å²) >= 11 is 0. The molecule has 0 radical (unpaired) electrons. The molecule has 5 heteroatoms. The van der Waals surface area contributed by atoms with E-state index in [0.717, 1.165) is 27.6 Å². The summed E-state index contributed by atoms with van der Waals surface area (Å²) < 4.78 is 5.29. The molecular weight excluding hydrogens is 412 g/mol. The maximum Gasteiger partial charge on any atom is 0.274 e. The number of ether oxygens (including phenoxy) is 1. The quantitative estimate of drug-likeness (QED) is 0.436. The number of phenols is 1. The number of benzene rings is 4. The van der Waals surface area contributed by atoms with Crippen LogP contribution in [-0.4, -0.2) is 28.8 Å². The number of carbonyl (C=O) groups is 1. The Kier molecular flexibility index (Phi) is 5.31. The van der Waals surface area contributed by atoms with Crippen LogP contribution in [0.15, 0.2) is 90.0 Å². The van der Waals surface area contributed by atoms with Gasteiger partial charge in [0, 0.05) is 22.9 Å². The number of amides is 1. The lowest BCUT2D eigenvalue weighted by molar-refractivity contribution is 0.0711. The van der Waals surface area contributed by atoms with Crippen molar-refractivity contribution in [3.05, 3.63) is 107 Å². The highest BCUT2D eigenvalue weighted by molar-refractivity contribution is 6.10. The summed E-state index contributed by atoms with van der Waals surface area (Å²) in [6.45, 7) is 1.99. The first-order valence-corrected chi connectivity index (χ1v) is 10.9. The lowest BCUT2D eigenvalue weighted by atomic mass is 9.95. The van der Waals surface area contributed by atoms with Crippen LogP contribution in [0.25, 0.3) is 10.8 Å². The largest absolute Gasteiger partial charge is 0.507 e. The Morgan fingerprint density at radius 3 is 2.42 bits per heavy atom. The number of methoxy groups -OCH3 is 1. The lowest BCUT2D eigenvalue weighted by Gasteiger charge is -2.22. The van der Waals surface area contributed by atoms with Gasteiger partial charge in [0.1, 0.15) is 11.5 Å². The van der Waals surface area contributed by atoms with Crippen molar-refractivity contribution in [3.8, 4) is 11.5 Å². The second-order valence-electron chi connectivity index (χ2n) is 8.24.